The number of hydrogen-bond acceptors (Lipinski definition) is 6. The second-order valence-electron chi connectivity index (χ2n) is 3.74. The van der Waals surface area contributed by atoms with Crippen molar-refractivity contribution in [3.05, 3.63) is 29.5 Å². The Labute approximate surface area is 104 Å². The van der Waals surface area contributed by atoms with Crippen molar-refractivity contribution < 1.29 is 9.53 Å². The molecule has 0 aromatic carbocycles. The van der Waals surface area contributed by atoms with Crippen LogP contribution in [-0.4, -0.2) is 32.8 Å². The summed E-state index contributed by atoms with van der Waals surface area (Å²) in [6.07, 6.45) is 1.40. The minimum Gasteiger partial charge on any atom is -0.465 e. The van der Waals surface area contributed by atoms with Gasteiger partial charge in [0.25, 0.3) is 0 Å². The Hall–Kier alpha value is -2.44. The standard InChI is InChI=1S/C11H13N5O2/c1-6-14-7(2)16(15-6)10-4-8(11(17)18-3)9(12)5-13-10/h4-5H,12H2,1-3H3. The van der Waals surface area contributed by atoms with Crippen LogP contribution in [0.1, 0.15) is 22.0 Å². The largest absolute Gasteiger partial charge is 0.465 e. The number of pyridine rings is 1. The van der Waals surface area contributed by atoms with E-state index in [1.165, 1.54) is 19.4 Å². The van der Waals surface area contributed by atoms with Gasteiger partial charge in [0, 0.05) is 0 Å². The second-order valence-corrected chi connectivity index (χ2v) is 3.74. The fourth-order valence-electron chi connectivity index (χ4n) is 1.60. The van der Waals surface area contributed by atoms with Crippen LogP contribution in [0.15, 0.2) is 12.3 Å². The smallest absolute Gasteiger partial charge is 0.340 e. The number of carbonyl (C=O) groups excluding carboxylic acids is 1. The van der Waals surface area contributed by atoms with Crippen LogP contribution in [0.25, 0.3) is 5.82 Å². The number of hydrogen-bond donors (Lipinski definition) is 1. The number of nitrogens with two attached hydrogens (primary N) is 1. The van der Waals surface area contributed by atoms with Crippen LogP contribution >= 0.6 is 0 Å². The molecule has 0 bridgehead atoms. The van der Waals surface area contributed by atoms with E-state index < -0.39 is 5.97 Å². The Morgan fingerprint density at radius 3 is 2.72 bits per heavy atom. The highest BCUT2D eigenvalue weighted by atomic mass is 16.5. The first-order valence-corrected chi connectivity index (χ1v) is 5.27. The molecule has 7 nitrogen and oxygen atoms in total. The number of aromatic nitrogens is 4. The van der Waals surface area contributed by atoms with E-state index in [0.29, 0.717) is 17.5 Å². The summed E-state index contributed by atoms with van der Waals surface area (Å²) in [7, 11) is 1.30. The van der Waals surface area contributed by atoms with Gasteiger partial charge in [-0.3, -0.25) is 0 Å². The zero-order chi connectivity index (χ0) is 13.3. The summed E-state index contributed by atoms with van der Waals surface area (Å²) in [6, 6.07) is 1.53. The van der Waals surface area contributed by atoms with Crippen molar-refractivity contribution in [1.82, 2.24) is 19.7 Å². The average molecular weight is 247 g/mol. The SMILES string of the molecule is COC(=O)c1cc(-n2nc(C)nc2C)ncc1N. The number of nitrogens with zero attached hydrogens (tertiary/aromatic N) is 4. The summed E-state index contributed by atoms with van der Waals surface area (Å²) in [5, 5.41) is 4.19. The number of carbonyl (C=O) groups is 1. The maximum Gasteiger partial charge on any atom is 0.340 e. The Kier molecular flexibility index (Phi) is 2.97. The zero-order valence-corrected chi connectivity index (χ0v) is 10.3. The number of esters is 1. The van der Waals surface area contributed by atoms with Gasteiger partial charge >= 0.3 is 5.97 Å². The highest BCUT2D eigenvalue weighted by molar-refractivity contribution is 5.95. The summed E-state index contributed by atoms with van der Waals surface area (Å²) in [4.78, 5) is 19.8. The summed E-state index contributed by atoms with van der Waals surface area (Å²) in [6.45, 7) is 3.58. The van der Waals surface area contributed by atoms with E-state index in [-0.39, 0.29) is 11.3 Å². The third-order valence-electron chi connectivity index (χ3n) is 2.42. The third-order valence-corrected chi connectivity index (χ3v) is 2.42. The normalized spacial score (nSPS) is 10.4. The van der Waals surface area contributed by atoms with Crippen molar-refractivity contribution in [3.63, 3.8) is 0 Å². The molecule has 2 aromatic rings. The molecular formula is C11H13N5O2. The predicted octanol–water partition coefficient (Wildman–Crippen LogP) is 0.648. The monoisotopic (exact) mass is 247 g/mol. The van der Waals surface area contributed by atoms with Gasteiger partial charge in [0.2, 0.25) is 0 Å². The van der Waals surface area contributed by atoms with Crippen molar-refractivity contribution >= 4 is 11.7 Å². The van der Waals surface area contributed by atoms with Crippen LogP contribution in [0.2, 0.25) is 0 Å². The molecule has 2 N–H and O–H groups in total. The fourth-order valence-corrected chi connectivity index (χ4v) is 1.60. The number of methoxy groups -OCH3 is 1. The summed E-state index contributed by atoms with van der Waals surface area (Å²) < 4.78 is 6.19. The first-order valence-electron chi connectivity index (χ1n) is 5.27. The molecule has 0 amide bonds. The molecule has 0 radical (unpaired) electrons. The average Bonchev–Trinajstić information content (AvgIpc) is 2.68. The number of ether oxygens (including phenoxy) is 1. The van der Waals surface area contributed by atoms with Crippen LogP contribution in [-0.2, 0) is 4.74 Å². The predicted molar refractivity (Wildman–Crippen MR) is 64.4 cm³/mol. The van der Waals surface area contributed by atoms with E-state index in [1.807, 2.05) is 0 Å². The van der Waals surface area contributed by atoms with Gasteiger partial charge in [0.1, 0.15) is 11.6 Å². The van der Waals surface area contributed by atoms with Crippen LogP contribution in [0, 0.1) is 13.8 Å². The van der Waals surface area contributed by atoms with Crippen molar-refractivity contribution in [2.75, 3.05) is 12.8 Å². The first-order chi connectivity index (χ1) is 8.52. The number of nitrogen functional groups attached to an aromatic ring is 1. The van der Waals surface area contributed by atoms with E-state index in [1.54, 1.807) is 18.5 Å². The van der Waals surface area contributed by atoms with Gasteiger partial charge in [-0.05, 0) is 19.9 Å². The van der Waals surface area contributed by atoms with Crippen LogP contribution < -0.4 is 5.73 Å². The summed E-state index contributed by atoms with van der Waals surface area (Å²) >= 11 is 0. The lowest BCUT2D eigenvalue weighted by molar-refractivity contribution is 0.0602. The number of anilines is 1. The van der Waals surface area contributed by atoms with E-state index in [2.05, 4.69) is 19.8 Å². The fraction of sp³-hybridized carbons (Fsp3) is 0.273. The minimum absolute atomic E-state index is 0.259. The van der Waals surface area contributed by atoms with Crippen LogP contribution in [0.5, 0.6) is 0 Å². The van der Waals surface area contributed by atoms with E-state index in [0.717, 1.165) is 0 Å². The van der Waals surface area contributed by atoms with Gasteiger partial charge in [-0.2, -0.15) is 4.68 Å². The van der Waals surface area contributed by atoms with Crippen molar-refractivity contribution in [3.8, 4) is 5.82 Å². The Morgan fingerprint density at radius 1 is 1.44 bits per heavy atom. The molecule has 2 rings (SSSR count). The quantitative estimate of drug-likeness (QED) is 0.782. The third kappa shape index (κ3) is 2.02. The van der Waals surface area contributed by atoms with Crippen molar-refractivity contribution in [2.24, 2.45) is 0 Å². The highest BCUT2D eigenvalue weighted by Gasteiger charge is 2.14. The molecule has 94 valence electrons. The molecule has 0 aliphatic heterocycles. The molecule has 0 aliphatic rings. The molecular weight excluding hydrogens is 234 g/mol. The van der Waals surface area contributed by atoms with Gasteiger partial charge in [-0.15, -0.1) is 5.10 Å². The molecule has 0 atom stereocenters. The zero-order valence-electron chi connectivity index (χ0n) is 10.3. The van der Waals surface area contributed by atoms with Gasteiger partial charge in [-0.25, -0.2) is 14.8 Å². The Morgan fingerprint density at radius 2 is 2.17 bits per heavy atom. The molecule has 2 heterocycles. The van der Waals surface area contributed by atoms with E-state index >= 15 is 0 Å². The Bertz CT molecular complexity index is 605. The minimum atomic E-state index is -0.509. The summed E-state index contributed by atoms with van der Waals surface area (Å²) in [5.41, 5.74) is 6.20. The van der Waals surface area contributed by atoms with Gasteiger partial charge in [-0.1, -0.05) is 0 Å². The van der Waals surface area contributed by atoms with E-state index in [9.17, 15) is 4.79 Å². The molecule has 18 heavy (non-hydrogen) atoms. The first kappa shape index (κ1) is 12.0. The lowest BCUT2D eigenvalue weighted by Crippen LogP contribution is -2.10. The molecule has 0 saturated heterocycles. The maximum absolute atomic E-state index is 11.5. The topological polar surface area (TPSA) is 95.9 Å². The second kappa shape index (κ2) is 4.44. The maximum atomic E-state index is 11.5. The van der Waals surface area contributed by atoms with Gasteiger partial charge in [0.05, 0.1) is 24.6 Å². The number of aryl methyl sites for hydroxylation is 2. The molecule has 0 saturated carbocycles. The Balaban J connectivity index is 2.53. The van der Waals surface area contributed by atoms with Crippen molar-refractivity contribution in [1.29, 1.82) is 0 Å². The van der Waals surface area contributed by atoms with Gasteiger partial charge < -0.3 is 10.5 Å². The summed E-state index contributed by atoms with van der Waals surface area (Å²) in [5.74, 6) is 1.28. The molecule has 2 aromatic heterocycles. The van der Waals surface area contributed by atoms with Crippen LogP contribution in [0.4, 0.5) is 5.69 Å². The van der Waals surface area contributed by atoms with Gasteiger partial charge in [0.15, 0.2) is 5.82 Å². The molecule has 0 fully saturated rings. The molecule has 0 aliphatic carbocycles. The lowest BCUT2D eigenvalue weighted by atomic mass is 10.2. The van der Waals surface area contributed by atoms with Crippen molar-refractivity contribution in [2.45, 2.75) is 13.8 Å². The molecule has 0 spiro atoms. The highest BCUT2D eigenvalue weighted by Crippen LogP contribution is 2.16. The van der Waals surface area contributed by atoms with E-state index in [4.69, 9.17) is 5.73 Å². The molecule has 0 unspecified atom stereocenters. The van der Waals surface area contributed by atoms with Crippen LogP contribution in [0.3, 0.4) is 0 Å². The lowest BCUT2D eigenvalue weighted by Gasteiger charge is -2.06. The molecule has 7 heteroatoms. The number of rotatable bonds is 2.